The van der Waals surface area contributed by atoms with Crippen molar-refractivity contribution in [2.45, 2.75) is 18.9 Å². The smallest absolute Gasteiger partial charge is 0.277 e. The number of amides is 1. The summed E-state index contributed by atoms with van der Waals surface area (Å²) in [5.41, 5.74) is 1.17. The van der Waals surface area contributed by atoms with E-state index >= 15 is 0 Å². The van der Waals surface area contributed by atoms with Crippen LogP contribution in [0.15, 0.2) is 24.4 Å². The van der Waals surface area contributed by atoms with Gasteiger partial charge in [0.15, 0.2) is 22.3 Å². The third kappa shape index (κ3) is 3.24. The summed E-state index contributed by atoms with van der Waals surface area (Å²) in [6.45, 7) is 3.00. The molecular formula is C18H19N5O3S. The molecule has 2 N–H and O–H groups in total. The summed E-state index contributed by atoms with van der Waals surface area (Å²) in [5, 5.41) is 11.2. The van der Waals surface area contributed by atoms with Crippen LogP contribution in [0, 0.1) is 0 Å². The van der Waals surface area contributed by atoms with E-state index in [1.54, 1.807) is 6.07 Å². The van der Waals surface area contributed by atoms with Gasteiger partial charge in [-0.25, -0.2) is 4.98 Å². The van der Waals surface area contributed by atoms with Crippen LogP contribution < -0.4 is 20.1 Å². The van der Waals surface area contributed by atoms with Crippen LogP contribution in [0.5, 0.6) is 11.5 Å². The second kappa shape index (κ2) is 6.82. The van der Waals surface area contributed by atoms with Gasteiger partial charge in [-0.05, 0) is 25.5 Å². The van der Waals surface area contributed by atoms with E-state index in [2.05, 4.69) is 20.7 Å². The number of anilines is 1. The Hall–Kier alpha value is -2.65. The first-order valence-electron chi connectivity index (χ1n) is 9.04. The summed E-state index contributed by atoms with van der Waals surface area (Å²) >= 11 is 1.40. The van der Waals surface area contributed by atoms with Crippen molar-refractivity contribution in [2.75, 3.05) is 31.6 Å². The summed E-state index contributed by atoms with van der Waals surface area (Å²) in [7, 11) is 0. The summed E-state index contributed by atoms with van der Waals surface area (Å²) in [6.07, 6.45) is 4.06. The van der Waals surface area contributed by atoms with Crippen molar-refractivity contribution >= 4 is 32.6 Å². The molecule has 8 nitrogen and oxygen atoms in total. The minimum atomic E-state index is -0.256. The molecule has 27 heavy (non-hydrogen) atoms. The zero-order chi connectivity index (χ0) is 18.2. The molecule has 0 saturated carbocycles. The highest BCUT2D eigenvalue weighted by Gasteiger charge is 2.19. The molecule has 0 radical (unpaired) electrons. The zero-order valence-corrected chi connectivity index (χ0v) is 15.4. The van der Waals surface area contributed by atoms with Gasteiger partial charge in [0.25, 0.3) is 5.91 Å². The van der Waals surface area contributed by atoms with Gasteiger partial charge in [-0.1, -0.05) is 11.3 Å². The normalized spacial score (nSPS) is 19.2. The molecular weight excluding hydrogens is 366 g/mol. The number of aromatic nitrogens is 3. The molecule has 1 saturated heterocycles. The van der Waals surface area contributed by atoms with Gasteiger partial charge in [0.2, 0.25) is 0 Å². The molecule has 2 aliphatic rings. The van der Waals surface area contributed by atoms with Crippen molar-refractivity contribution in [1.82, 2.24) is 20.1 Å². The lowest BCUT2D eigenvalue weighted by molar-refractivity contribution is 0.102. The number of carbonyl (C=O) groups is 1. The lowest BCUT2D eigenvalue weighted by Gasteiger charge is -2.22. The van der Waals surface area contributed by atoms with Crippen molar-refractivity contribution in [3.05, 3.63) is 30.1 Å². The number of nitrogens with zero attached hydrogens (tertiary/aromatic N) is 3. The van der Waals surface area contributed by atoms with E-state index in [0.29, 0.717) is 35.8 Å². The van der Waals surface area contributed by atoms with Gasteiger partial charge in [0.05, 0.1) is 16.3 Å². The average Bonchev–Trinajstić information content (AvgIpc) is 3.33. The van der Waals surface area contributed by atoms with E-state index in [1.165, 1.54) is 11.3 Å². The van der Waals surface area contributed by atoms with Gasteiger partial charge in [-0.2, -0.15) is 5.10 Å². The minimum Gasteiger partial charge on any atom is -0.486 e. The van der Waals surface area contributed by atoms with Crippen LogP contribution in [-0.2, 0) is 0 Å². The Morgan fingerprint density at radius 1 is 1.30 bits per heavy atom. The van der Waals surface area contributed by atoms with E-state index < -0.39 is 0 Å². The number of ether oxygens (including phenoxy) is 2. The summed E-state index contributed by atoms with van der Waals surface area (Å²) in [4.78, 5) is 17.0. The highest BCUT2D eigenvalue weighted by atomic mass is 32.1. The third-order valence-corrected chi connectivity index (χ3v) is 5.69. The Morgan fingerprint density at radius 3 is 2.96 bits per heavy atom. The second-order valence-electron chi connectivity index (χ2n) is 6.62. The van der Waals surface area contributed by atoms with Gasteiger partial charge in [-0.3, -0.25) is 14.8 Å². The van der Waals surface area contributed by atoms with Crippen LogP contribution in [0.4, 0.5) is 5.13 Å². The number of benzene rings is 1. The minimum absolute atomic E-state index is 0.256. The molecule has 1 unspecified atom stereocenters. The van der Waals surface area contributed by atoms with Gasteiger partial charge >= 0.3 is 0 Å². The number of hydrogen-bond acceptors (Lipinski definition) is 7. The second-order valence-corrected chi connectivity index (χ2v) is 7.65. The number of rotatable bonds is 3. The molecule has 9 heteroatoms. The topological polar surface area (TPSA) is 90.3 Å². The van der Waals surface area contributed by atoms with Crippen molar-refractivity contribution in [3.63, 3.8) is 0 Å². The Kier molecular flexibility index (Phi) is 4.17. The van der Waals surface area contributed by atoms with Crippen LogP contribution in [0.2, 0.25) is 0 Å². The molecule has 140 valence electrons. The van der Waals surface area contributed by atoms with Crippen molar-refractivity contribution in [1.29, 1.82) is 0 Å². The zero-order valence-electron chi connectivity index (χ0n) is 14.6. The molecule has 4 heterocycles. The maximum Gasteiger partial charge on any atom is 0.277 e. The molecule has 1 amide bonds. The average molecular weight is 385 g/mol. The number of hydrogen-bond donors (Lipinski definition) is 2. The quantitative estimate of drug-likeness (QED) is 0.720. The predicted molar refractivity (Wildman–Crippen MR) is 102 cm³/mol. The molecule has 1 aromatic carbocycles. The number of fused-ring (bicyclic) bond motifs is 2. The van der Waals surface area contributed by atoms with E-state index in [1.807, 2.05) is 23.0 Å². The van der Waals surface area contributed by atoms with Crippen molar-refractivity contribution in [3.8, 4) is 11.5 Å². The van der Waals surface area contributed by atoms with Crippen LogP contribution in [-0.4, -0.2) is 47.0 Å². The van der Waals surface area contributed by atoms with E-state index in [9.17, 15) is 4.79 Å². The van der Waals surface area contributed by atoms with Crippen LogP contribution in [0.25, 0.3) is 10.2 Å². The first-order valence-corrected chi connectivity index (χ1v) is 9.85. The van der Waals surface area contributed by atoms with Gasteiger partial charge in [0.1, 0.15) is 13.2 Å². The molecule has 2 aliphatic heterocycles. The number of nitrogens with one attached hydrogen (secondary N) is 2. The Morgan fingerprint density at radius 2 is 2.15 bits per heavy atom. The lowest BCUT2D eigenvalue weighted by Crippen LogP contribution is -2.32. The summed E-state index contributed by atoms with van der Waals surface area (Å²) in [5.74, 6) is 1.15. The Bertz CT molecular complexity index is 949. The van der Waals surface area contributed by atoms with Crippen molar-refractivity contribution in [2.24, 2.45) is 0 Å². The van der Waals surface area contributed by atoms with E-state index in [0.717, 1.165) is 41.9 Å². The van der Waals surface area contributed by atoms with E-state index in [-0.39, 0.29) is 5.91 Å². The van der Waals surface area contributed by atoms with Gasteiger partial charge < -0.3 is 14.8 Å². The highest BCUT2D eigenvalue weighted by molar-refractivity contribution is 7.22. The summed E-state index contributed by atoms with van der Waals surface area (Å²) in [6, 6.07) is 5.80. The molecule has 0 spiro atoms. The fraction of sp³-hybridized carbons (Fsp3) is 0.389. The maximum absolute atomic E-state index is 12.6. The highest BCUT2D eigenvalue weighted by Crippen LogP contribution is 2.37. The molecule has 3 aromatic rings. The molecule has 0 aliphatic carbocycles. The molecule has 0 bridgehead atoms. The first-order chi connectivity index (χ1) is 13.3. The fourth-order valence-corrected chi connectivity index (χ4v) is 4.27. The van der Waals surface area contributed by atoms with Gasteiger partial charge in [-0.15, -0.1) is 0 Å². The monoisotopic (exact) mass is 385 g/mol. The van der Waals surface area contributed by atoms with E-state index in [4.69, 9.17) is 9.47 Å². The molecule has 1 atom stereocenters. The lowest BCUT2D eigenvalue weighted by atomic mass is 10.1. The predicted octanol–water partition coefficient (Wildman–Crippen LogP) is 2.44. The van der Waals surface area contributed by atoms with Crippen LogP contribution >= 0.6 is 11.3 Å². The Labute approximate surface area is 159 Å². The van der Waals surface area contributed by atoms with Gasteiger partial charge in [0, 0.05) is 24.9 Å². The number of carbonyl (C=O) groups excluding carboxylic acids is 1. The SMILES string of the molecule is O=C(Nc1nc2cc3c(cc2s1)OCCO3)c1ccn(C2CCCNC2)n1. The molecule has 5 rings (SSSR count). The molecule has 1 fully saturated rings. The molecule has 2 aromatic heterocycles. The third-order valence-electron chi connectivity index (χ3n) is 4.76. The maximum atomic E-state index is 12.6. The fourth-order valence-electron chi connectivity index (χ4n) is 3.40. The largest absolute Gasteiger partial charge is 0.486 e. The summed E-state index contributed by atoms with van der Waals surface area (Å²) < 4.78 is 14.0. The first kappa shape index (κ1) is 16.5. The van der Waals surface area contributed by atoms with Crippen LogP contribution in [0.3, 0.4) is 0 Å². The number of piperidine rings is 1. The van der Waals surface area contributed by atoms with Crippen molar-refractivity contribution < 1.29 is 14.3 Å². The standard InChI is InChI=1S/C18H19N5O3S/c24-17(12-3-5-23(22-12)11-2-1-4-19-10-11)21-18-20-13-8-14-15(9-16(13)27-18)26-7-6-25-14/h3,5,8-9,11,19H,1-2,4,6-7,10H2,(H,20,21,24). The number of thiazole rings is 1. The van der Waals surface area contributed by atoms with Crippen LogP contribution in [0.1, 0.15) is 29.4 Å². The Balaban J connectivity index is 1.34.